The molecule has 55 heavy (non-hydrogen) atoms. The fourth-order valence-electron chi connectivity index (χ4n) is 13.3. The van der Waals surface area contributed by atoms with E-state index >= 15 is 0 Å². The molecule has 0 nitrogen and oxygen atoms in total. The summed E-state index contributed by atoms with van der Waals surface area (Å²) in [6, 6.07) is 27.3. The van der Waals surface area contributed by atoms with Crippen LogP contribution in [0.25, 0.3) is 33.0 Å². The normalized spacial score (nSPS) is 23.4. The van der Waals surface area contributed by atoms with E-state index in [1.807, 2.05) is 0 Å². The maximum absolute atomic E-state index is 2.92. The third-order valence-electron chi connectivity index (χ3n) is 15.9. The molecule has 0 saturated heterocycles. The molecule has 2 atom stereocenters. The number of rotatable bonds is 8. The molecule has 1 fully saturated rings. The zero-order valence-corrected chi connectivity index (χ0v) is 35.8. The smallest absolute Gasteiger partial charge is 0.0474 e. The SMILES string of the molecule is CCC(CC)C1=CC2(c3ccc4c(c3-c3ccc5cc(C(C)C)ccc5c32)C(C)(C)C2=C4C(C)(C)c3ccccc32)C(C2CCCCC2)C(C(CC)CC)=C1. The zero-order chi connectivity index (χ0) is 38.6. The fourth-order valence-corrected chi connectivity index (χ4v) is 13.3. The lowest BCUT2D eigenvalue weighted by atomic mass is 9.53. The average molecular weight is 727 g/mol. The van der Waals surface area contributed by atoms with Crippen LogP contribution in [0.2, 0.25) is 0 Å². The minimum absolute atomic E-state index is 0.0398. The minimum atomic E-state index is -0.207. The molecular weight excluding hydrogens is 661 g/mol. The highest BCUT2D eigenvalue weighted by molar-refractivity contribution is 6.12. The van der Waals surface area contributed by atoms with Crippen LogP contribution in [0, 0.1) is 23.7 Å². The first-order chi connectivity index (χ1) is 26.4. The van der Waals surface area contributed by atoms with Gasteiger partial charge in [0.1, 0.15) is 0 Å². The molecule has 5 aliphatic carbocycles. The highest BCUT2D eigenvalue weighted by Crippen LogP contribution is 2.69. The third kappa shape index (κ3) is 5.01. The highest BCUT2D eigenvalue weighted by Gasteiger charge is 2.58. The van der Waals surface area contributed by atoms with Crippen LogP contribution in [-0.2, 0) is 16.2 Å². The lowest BCUT2D eigenvalue weighted by Crippen LogP contribution is -2.43. The van der Waals surface area contributed by atoms with Crippen molar-refractivity contribution in [1.29, 1.82) is 0 Å². The van der Waals surface area contributed by atoms with Gasteiger partial charge in [-0.15, -0.1) is 0 Å². The summed E-state index contributed by atoms with van der Waals surface area (Å²) in [5.41, 5.74) is 20.0. The molecule has 4 aromatic rings. The number of hydrogen-bond donors (Lipinski definition) is 0. The molecule has 286 valence electrons. The van der Waals surface area contributed by atoms with Crippen molar-refractivity contribution >= 4 is 21.9 Å². The van der Waals surface area contributed by atoms with Crippen molar-refractivity contribution < 1.29 is 0 Å². The number of fused-ring (bicyclic) bond motifs is 12. The molecule has 0 aromatic heterocycles. The predicted molar refractivity (Wildman–Crippen MR) is 238 cm³/mol. The molecule has 0 heterocycles. The quantitative estimate of drug-likeness (QED) is 0.170. The maximum atomic E-state index is 2.92. The van der Waals surface area contributed by atoms with E-state index in [1.165, 1.54) is 96.4 Å². The van der Waals surface area contributed by atoms with Crippen molar-refractivity contribution in [2.24, 2.45) is 23.7 Å². The van der Waals surface area contributed by atoms with Gasteiger partial charge in [0.2, 0.25) is 0 Å². The van der Waals surface area contributed by atoms with E-state index in [9.17, 15) is 0 Å². The molecule has 0 amide bonds. The van der Waals surface area contributed by atoms with Gasteiger partial charge in [0.05, 0.1) is 0 Å². The molecule has 0 N–H and O–H groups in total. The third-order valence-corrected chi connectivity index (χ3v) is 15.9. The summed E-state index contributed by atoms with van der Waals surface area (Å²) in [5.74, 6) is 2.82. The molecule has 4 aromatic carbocycles. The van der Waals surface area contributed by atoms with Gasteiger partial charge in [0, 0.05) is 22.2 Å². The summed E-state index contributed by atoms with van der Waals surface area (Å²) in [7, 11) is 0. The Balaban J connectivity index is 1.43. The number of hydrogen-bond acceptors (Lipinski definition) is 0. The van der Waals surface area contributed by atoms with Crippen molar-refractivity contribution in [1.82, 2.24) is 0 Å². The van der Waals surface area contributed by atoms with Crippen LogP contribution < -0.4 is 0 Å². The van der Waals surface area contributed by atoms with Crippen LogP contribution in [0.1, 0.15) is 172 Å². The lowest BCUT2D eigenvalue weighted by molar-refractivity contribution is 0.210. The topological polar surface area (TPSA) is 0 Å². The van der Waals surface area contributed by atoms with Crippen molar-refractivity contribution in [2.75, 3.05) is 0 Å². The highest BCUT2D eigenvalue weighted by atomic mass is 14.6. The number of allylic oxidation sites excluding steroid dienone is 6. The van der Waals surface area contributed by atoms with Crippen LogP contribution >= 0.6 is 0 Å². The molecule has 1 saturated carbocycles. The largest absolute Gasteiger partial charge is 0.0654 e. The van der Waals surface area contributed by atoms with Crippen molar-refractivity contribution in [3.63, 3.8) is 0 Å². The second-order valence-corrected chi connectivity index (χ2v) is 19.6. The molecule has 2 unspecified atom stereocenters. The van der Waals surface area contributed by atoms with Crippen molar-refractivity contribution in [3.8, 4) is 11.1 Å². The predicted octanol–water partition coefficient (Wildman–Crippen LogP) is 15.7. The molecule has 1 spiro atoms. The van der Waals surface area contributed by atoms with Gasteiger partial charge in [0.15, 0.2) is 0 Å². The number of benzene rings is 4. The molecule has 0 heteroatoms. The summed E-state index contributed by atoms with van der Waals surface area (Å²) < 4.78 is 0. The summed E-state index contributed by atoms with van der Waals surface area (Å²) >= 11 is 0. The second-order valence-electron chi connectivity index (χ2n) is 19.6. The van der Waals surface area contributed by atoms with Gasteiger partial charge < -0.3 is 0 Å². The molecule has 0 bridgehead atoms. The van der Waals surface area contributed by atoms with Crippen LogP contribution in [0.5, 0.6) is 0 Å². The minimum Gasteiger partial charge on any atom is -0.0654 e. The van der Waals surface area contributed by atoms with Crippen molar-refractivity contribution in [2.45, 2.75) is 149 Å². The van der Waals surface area contributed by atoms with Gasteiger partial charge in [0.25, 0.3) is 0 Å². The Morgan fingerprint density at radius 3 is 2.00 bits per heavy atom. The summed E-state index contributed by atoms with van der Waals surface area (Å²) in [5, 5.41) is 2.91. The summed E-state index contributed by atoms with van der Waals surface area (Å²) in [6.07, 6.45) is 17.3. The van der Waals surface area contributed by atoms with Crippen LogP contribution in [0.15, 0.2) is 90.0 Å². The summed E-state index contributed by atoms with van der Waals surface area (Å²) in [6.45, 7) is 24.6. The van der Waals surface area contributed by atoms with E-state index in [1.54, 1.807) is 44.5 Å². The van der Waals surface area contributed by atoms with E-state index in [0.29, 0.717) is 29.6 Å². The van der Waals surface area contributed by atoms with Crippen LogP contribution in [-0.4, -0.2) is 0 Å². The average Bonchev–Trinajstić information content (AvgIpc) is 3.71. The molecule has 0 radical (unpaired) electrons. The molecule has 5 aliphatic rings. The van der Waals surface area contributed by atoms with Crippen molar-refractivity contribution in [3.05, 3.63) is 129 Å². The van der Waals surface area contributed by atoms with E-state index in [4.69, 9.17) is 0 Å². The van der Waals surface area contributed by atoms with Crippen LogP contribution in [0.3, 0.4) is 0 Å². The zero-order valence-electron chi connectivity index (χ0n) is 35.8. The van der Waals surface area contributed by atoms with E-state index in [2.05, 4.69) is 148 Å². The standard InChI is InChI=1S/C55H66/c1-11-34(12-2)39-31-44(35(13-3)14-4)48(36-20-16-15-17-21-36)55(32-39)46-29-28-43-50(54(9,10)51-41-22-18-19-23-45(41)53(7,8)52(43)51)47(46)42-27-25-38-30-37(33(5)6)24-26-40(38)49(42)55/h18-19,22-36,48H,11-17,20-21H2,1-10H3. The Kier molecular flexibility index (Phi) is 8.88. The molecular formula is C55H66. The van der Waals surface area contributed by atoms with Crippen LogP contribution in [0.4, 0.5) is 0 Å². The first-order valence-electron chi connectivity index (χ1n) is 22.5. The Bertz CT molecular complexity index is 2280. The maximum Gasteiger partial charge on any atom is 0.0474 e. The first-order valence-corrected chi connectivity index (χ1v) is 22.5. The van der Waals surface area contributed by atoms with E-state index in [-0.39, 0.29) is 16.2 Å². The Morgan fingerprint density at radius 1 is 0.636 bits per heavy atom. The van der Waals surface area contributed by atoms with Gasteiger partial charge in [-0.05, 0) is 140 Å². The first kappa shape index (κ1) is 37.0. The van der Waals surface area contributed by atoms with Gasteiger partial charge >= 0.3 is 0 Å². The Labute approximate surface area is 333 Å². The van der Waals surface area contributed by atoms with Gasteiger partial charge in [-0.1, -0.05) is 173 Å². The molecule has 0 aliphatic heterocycles. The Hall–Kier alpha value is -3.64. The van der Waals surface area contributed by atoms with Gasteiger partial charge in [-0.2, -0.15) is 0 Å². The van der Waals surface area contributed by atoms with Gasteiger partial charge in [-0.3, -0.25) is 0 Å². The van der Waals surface area contributed by atoms with Gasteiger partial charge in [-0.25, -0.2) is 0 Å². The monoisotopic (exact) mass is 727 g/mol. The van der Waals surface area contributed by atoms with E-state index in [0.717, 1.165) is 0 Å². The fraction of sp³-hybridized carbons (Fsp3) is 0.491. The molecule has 9 rings (SSSR count). The van der Waals surface area contributed by atoms with E-state index < -0.39 is 0 Å². The Morgan fingerprint density at radius 2 is 1.31 bits per heavy atom. The second kappa shape index (κ2) is 13.2. The summed E-state index contributed by atoms with van der Waals surface area (Å²) in [4.78, 5) is 0. The lowest BCUT2D eigenvalue weighted by Gasteiger charge is -2.50.